The van der Waals surface area contributed by atoms with Crippen LogP contribution < -0.4 is 20.3 Å². The molecular formula is C21H21N5O4. The lowest BCUT2D eigenvalue weighted by molar-refractivity contribution is -0.116. The number of aromatic amines is 1. The third-order valence-corrected chi connectivity index (χ3v) is 4.78. The van der Waals surface area contributed by atoms with Crippen molar-refractivity contribution < 1.29 is 14.3 Å². The highest BCUT2D eigenvalue weighted by molar-refractivity contribution is 5.91. The number of aryl methyl sites for hydroxylation is 1. The first-order valence-electron chi connectivity index (χ1n) is 9.45. The number of nitrogens with zero attached hydrogens (tertiary/aromatic N) is 3. The van der Waals surface area contributed by atoms with Crippen LogP contribution in [-0.4, -0.2) is 39.6 Å². The Hall–Kier alpha value is -3.88. The Morgan fingerprint density at radius 1 is 1.13 bits per heavy atom. The Balaban J connectivity index is 1.42. The zero-order valence-electron chi connectivity index (χ0n) is 16.6. The summed E-state index contributed by atoms with van der Waals surface area (Å²) in [6, 6.07) is 10.8. The SMILES string of the molecule is COc1cc2ncn(CCCC(=O)Nc3nc4ccccc4[nH]3)c(=O)c2cc1OC. The topological polar surface area (TPSA) is 111 Å². The molecule has 2 heterocycles. The number of para-hydroxylation sites is 2. The van der Waals surface area contributed by atoms with Crippen LogP contribution in [0.15, 0.2) is 47.5 Å². The summed E-state index contributed by atoms with van der Waals surface area (Å²) in [5.41, 5.74) is 1.97. The lowest BCUT2D eigenvalue weighted by atomic mass is 10.2. The number of H-pyrrole nitrogens is 1. The number of rotatable bonds is 7. The van der Waals surface area contributed by atoms with Gasteiger partial charge in [-0.05, 0) is 24.6 Å². The average molecular weight is 407 g/mol. The Labute approximate surface area is 171 Å². The number of amides is 1. The van der Waals surface area contributed by atoms with E-state index < -0.39 is 0 Å². The Morgan fingerprint density at radius 3 is 2.67 bits per heavy atom. The van der Waals surface area contributed by atoms with Crippen LogP contribution in [0.3, 0.4) is 0 Å². The van der Waals surface area contributed by atoms with Crippen LogP contribution in [0.2, 0.25) is 0 Å². The zero-order valence-corrected chi connectivity index (χ0v) is 16.6. The minimum Gasteiger partial charge on any atom is -0.493 e. The van der Waals surface area contributed by atoms with E-state index in [1.165, 1.54) is 25.1 Å². The number of methoxy groups -OCH3 is 2. The van der Waals surface area contributed by atoms with E-state index in [0.29, 0.717) is 41.3 Å². The van der Waals surface area contributed by atoms with E-state index >= 15 is 0 Å². The van der Waals surface area contributed by atoms with Gasteiger partial charge in [0.15, 0.2) is 11.5 Å². The maximum atomic E-state index is 12.8. The van der Waals surface area contributed by atoms with Crippen molar-refractivity contribution in [2.24, 2.45) is 0 Å². The molecule has 30 heavy (non-hydrogen) atoms. The molecule has 154 valence electrons. The Kier molecular flexibility index (Phi) is 5.34. The largest absolute Gasteiger partial charge is 0.493 e. The van der Waals surface area contributed by atoms with Gasteiger partial charge in [0.2, 0.25) is 11.9 Å². The van der Waals surface area contributed by atoms with Crippen molar-refractivity contribution in [1.29, 1.82) is 0 Å². The summed E-state index contributed by atoms with van der Waals surface area (Å²) in [6.07, 6.45) is 2.20. The number of nitrogens with one attached hydrogen (secondary N) is 2. The fraction of sp³-hybridized carbons (Fsp3) is 0.238. The van der Waals surface area contributed by atoms with Crippen LogP contribution >= 0.6 is 0 Å². The molecule has 0 radical (unpaired) electrons. The number of ether oxygens (including phenoxy) is 2. The van der Waals surface area contributed by atoms with Gasteiger partial charge < -0.3 is 14.5 Å². The van der Waals surface area contributed by atoms with Crippen LogP contribution in [-0.2, 0) is 11.3 Å². The van der Waals surface area contributed by atoms with Gasteiger partial charge >= 0.3 is 0 Å². The maximum absolute atomic E-state index is 12.8. The van der Waals surface area contributed by atoms with Gasteiger partial charge in [-0.3, -0.25) is 19.5 Å². The molecule has 0 aliphatic rings. The predicted octanol–water partition coefficient (Wildman–Crippen LogP) is 2.71. The van der Waals surface area contributed by atoms with Gasteiger partial charge in [0.05, 0.1) is 42.5 Å². The summed E-state index contributed by atoms with van der Waals surface area (Å²) in [5, 5.41) is 3.18. The summed E-state index contributed by atoms with van der Waals surface area (Å²) >= 11 is 0. The molecule has 2 aromatic carbocycles. The first kappa shape index (κ1) is 19.4. The van der Waals surface area contributed by atoms with Crippen molar-refractivity contribution in [3.05, 3.63) is 53.1 Å². The molecule has 2 N–H and O–H groups in total. The number of imidazole rings is 1. The van der Waals surface area contributed by atoms with Gasteiger partial charge in [-0.15, -0.1) is 0 Å². The van der Waals surface area contributed by atoms with E-state index in [9.17, 15) is 9.59 Å². The second-order valence-electron chi connectivity index (χ2n) is 6.72. The summed E-state index contributed by atoms with van der Waals surface area (Å²) in [4.78, 5) is 36.7. The first-order valence-corrected chi connectivity index (χ1v) is 9.45. The smallest absolute Gasteiger partial charge is 0.261 e. The predicted molar refractivity (Wildman–Crippen MR) is 113 cm³/mol. The fourth-order valence-electron chi connectivity index (χ4n) is 3.26. The van der Waals surface area contributed by atoms with Gasteiger partial charge in [0.1, 0.15) is 0 Å². The van der Waals surface area contributed by atoms with Gasteiger partial charge in [0, 0.05) is 19.0 Å². The van der Waals surface area contributed by atoms with Crippen LogP contribution in [0.4, 0.5) is 5.95 Å². The number of carbonyl (C=O) groups is 1. The number of fused-ring (bicyclic) bond motifs is 2. The van der Waals surface area contributed by atoms with Gasteiger partial charge in [-0.25, -0.2) is 9.97 Å². The first-order chi connectivity index (χ1) is 14.6. The summed E-state index contributed by atoms with van der Waals surface area (Å²) in [7, 11) is 3.04. The lowest BCUT2D eigenvalue weighted by Crippen LogP contribution is -2.22. The second-order valence-corrected chi connectivity index (χ2v) is 6.72. The minimum atomic E-state index is -0.196. The number of hydrogen-bond donors (Lipinski definition) is 2. The van der Waals surface area contributed by atoms with Gasteiger partial charge in [0.25, 0.3) is 5.56 Å². The van der Waals surface area contributed by atoms with Gasteiger partial charge in [-0.1, -0.05) is 12.1 Å². The molecule has 0 unspecified atom stereocenters. The van der Waals surface area contributed by atoms with E-state index in [-0.39, 0.29) is 17.9 Å². The molecule has 0 aliphatic carbocycles. The fourth-order valence-corrected chi connectivity index (χ4v) is 3.26. The maximum Gasteiger partial charge on any atom is 0.261 e. The summed E-state index contributed by atoms with van der Waals surface area (Å²) in [6.45, 7) is 0.365. The molecule has 4 aromatic rings. The van der Waals surface area contributed by atoms with Crippen LogP contribution in [0, 0.1) is 0 Å². The highest BCUT2D eigenvalue weighted by Crippen LogP contribution is 2.29. The van der Waals surface area contributed by atoms with E-state index in [1.807, 2.05) is 24.3 Å². The third-order valence-electron chi connectivity index (χ3n) is 4.78. The number of carbonyl (C=O) groups excluding carboxylic acids is 1. The van der Waals surface area contributed by atoms with E-state index in [0.717, 1.165) is 11.0 Å². The van der Waals surface area contributed by atoms with Crippen molar-refractivity contribution in [1.82, 2.24) is 19.5 Å². The van der Waals surface area contributed by atoms with Crippen LogP contribution in [0.25, 0.3) is 21.9 Å². The van der Waals surface area contributed by atoms with Crippen molar-refractivity contribution in [3.63, 3.8) is 0 Å². The van der Waals surface area contributed by atoms with Crippen molar-refractivity contribution in [3.8, 4) is 11.5 Å². The number of hydrogen-bond acceptors (Lipinski definition) is 6. The Bertz CT molecular complexity index is 1240. The average Bonchev–Trinajstić information content (AvgIpc) is 3.16. The number of benzene rings is 2. The number of anilines is 1. The van der Waals surface area contributed by atoms with Crippen molar-refractivity contribution in [2.75, 3.05) is 19.5 Å². The molecule has 0 aliphatic heterocycles. The molecule has 9 nitrogen and oxygen atoms in total. The molecular weight excluding hydrogens is 386 g/mol. The molecule has 0 saturated heterocycles. The Morgan fingerprint density at radius 2 is 1.90 bits per heavy atom. The van der Waals surface area contributed by atoms with Crippen LogP contribution in [0.1, 0.15) is 12.8 Å². The highest BCUT2D eigenvalue weighted by Gasteiger charge is 2.12. The monoisotopic (exact) mass is 407 g/mol. The summed E-state index contributed by atoms with van der Waals surface area (Å²) < 4.78 is 12.0. The van der Waals surface area contributed by atoms with Crippen molar-refractivity contribution in [2.45, 2.75) is 19.4 Å². The second kappa shape index (κ2) is 8.24. The normalized spacial score (nSPS) is 11.0. The van der Waals surface area contributed by atoms with E-state index in [4.69, 9.17) is 9.47 Å². The third kappa shape index (κ3) is 3.82. The quantitative estimate of drug-likeness (QED) is 0.487. The molecule has 4 rings (SSSR count). The molecule has 0 saturated carbocycles. The van der Waals surface area contributed by atoms with E-state index in [2.05, 4.69) is 20.3 Å². The standard InChI is InChI=1S/C21H21N5O4/c1-29-17-10-13-16(11-18(17)30-2)22-12-26(20(13)28)9-5-8-19(27)25-21-23-14-6-3-4-7-15(14)24-21/h3-4,6-7,10-12H,5,8-9H2,1-2H3,(H2,23,24,25,27). The minimum absolute atomic E-state index is 0.178. The van der Waals surface area contributed by atoms with Gasteiger partial charge in [-0.2, -0.15) is 0 Å². The number of aromatic nitrogens is 4. The van der Waals surface area contributed by atoms with Crippen LogP contribution in [0.5, 0.6) is 11.5 Å². The lowest BCUT2D eigenvalue weighted by Gasteiger charge is -2.10. The van der Waals surface area contributed by atoms with E-state index in [1.54, 1.807) is 12.1 Å². The zero-order chi connectivity index (χ0) is 21.1. The molecule has 0 bridgehead atoms. The highest BCUT2D eigenvalue weighted by atomic mass is 16.5. The molecule has 1 amide bonds. The van der Waals surface area contributed by atoms with Crippen molar-refractivity contribution >= 4 is 33.8 Å². The molecule has 0 atom stereocenters. The molecule has 0 spiro atoms. The molecule has 0 fully saturated rings. The molecule has 2 aromatic heterocycles. The molecule has 9 heteroatoms. The summed E-state index contributed by atoms with van der Waals surface area (Å²) in [5.74, 6) is 1.21.